The van der Waals surface area contributed by atoms with Crippen molar-refractivity contribution in [3.8, 4) is 11.8 Å². The Balaban J connectivity index is 2.13. The van der Waals surface area contributed by atoms with Gasteiger partial charge in [0.05, 0.1) is 5.60 Å². The number of rotatable bonds is 13. The molecule has 0 aliphatic heterocycles. The van der Waals surface area contributed by atoms with Crippen LogP contribution in [0.25, 0.3) is 0 Å². The third-order valence-corrected chi connectivity index (χ3v) is 9.86. The zero-order chi connectivity index (χ0) is 28.0. The first-order valence-corrected chi connectivity index (χ1v) is 14.2. The zero-order valence-corrected chi connectivity index (χ0v) is 25.9. The summed E-state index contributed by atoms with van der Waals surface area (Å²) < 4.78 is 8.01. The normalized spacial score (nSPS) is 23.5. The molecule has 1 aromatic heterocycles. The second kappa shape index (κ2) is 10.2. The second-order valence-electron chi connectivity index (χ2n) is 14.9. The van der Waals surface area contributed by atoms with Crippen LogP contribution in [0.3, 0.4) is 0 Å². The number of aromatic hydroxyl groups is 2. The van der Waals surface area contributed by atoms with Crippen LogP contribution in [-0.2, 0) is 15.7 Å². The third kappa shape index (κ3) is 6.26. The van der Waals surface area contributed by atoms with Crippen molar-refractivity contribution in [2.24, 2.45) is 16.2 Å². The Kier molecular flexibility index (Phi) is 8.76. The van der Waals surface area contributed by atoms with Gasteiger partial charge in [-0.2, -0.15) is 0 Å². The Hall–Kier alpha value is -1.20. The Labute approximate surface area is 222 Å². The highest BCUT2D eigenvalue weighted by atomic mass is 16.5. The van der Waals surface area contributed by atoms with Gasteiger partial charge in [0.1, 0.15) is 0 Å². The van der Waals surface area contributed by atoms with Gasteiger partial charge in [-0.3, -0.25) is 4.57 Å². The van der Waals surface area contributed by atoms with Crippen molar-refractivity contribution in [2.45, 2.75) is 132 Å². The van der Waals surface area contributed by atoms with Crippen LogP contribution < -0.4 is 0 Å². The zero-order valence-electron chi connectivity index (χ0n) is 25.9. The van der Waals surface area contributed by atoms with E-state index < -0.39 is 5.54 Å². The molecule has 2 rings (SSSR count). The van der Waals surface area contributed by atoms with E-state index in [4.69, 9.17) is 4.74 Å². The molecule has 5 heteroatoms. The molecule has 1 aromatic rings. The first-order chi connectivity index (χ1) is 16.2. The molecule has 2 atom stereocenters. The average Bonchev–Trinajstić information content (AvgIpc) is 3.10. The fourth-order valence-electron chi connectivity index (χ4n) is 6.55. The smallest absolute Gasteiger partial charge is 0.198 e. The van der Waals surface area contributed by atoms with E-state index in [-0.39, 0.29) is 39.0 Å². The lowest BCUT2D eigenvalue weighted by molar-refractivity contribution is -0.0383. The molecule has 1 fully saturated rings. The van der Waals surface area contributed by atoms with Crippen LogP contribution >= 0.6 is 0 Å². The van der Waals surface area contributed by atoms with Crippen molar-refractivity contribution in [3.63, 3.8) is 0 Å². The van der Waals surface area contributed by atoms with Crippen LogP contribution in [0.5, 0.6) is 11.8 Å². The predicted molar refractivity (Wildman–Crippen MR) is 152 cm³/mol. The number of ether oxygens (including phenoxy) is 1. The summed E-state index contributed by atoms with van der Waals surface area (Å²) in [6, 6.07) is 1.78. The fourth-order valence-corrected chi connectivity index (χ4v) is 6.55. The number of nitrogens with zero attached hydrogens (tertiary/aromatic N) is 2. The summed E-state index contributed by atoms with van der Waals surface area (Å²) in [5.74, 6) is 0.311. The van der Waals surface area contributed by atoms with Crippen LogP contribution in [0, 0.1) is 16.2 Å². The van der Waals surface area contributed by atoms with E-state index in [1.54, 1.807) is 10.6 Å². The Morgan fingerprint density at radius 3 is 1.97 bits per heavy atom. The van der Waals surface area contributed by atoms with Crippen LogP contribution in [0.4, 0.5) is 0 Å². The molecule has 0 aromatic carbocycles. The van der Waals surface area contributed by atoms with Gasteiger partial charge in [-0.25, -0.2) is 0 Å². The fraction of sp³-hybridized carbons (Fsp3) is 0.871. The summed E-state index contributed by atoms with van der Waals surface area (Å²) >= 11 is 0. The average molecular weight is 507 g/mol. The van der Waals surface area contributed by atoms with Crippen molar-refractivity contribution in [2.75, 3.05) is 26.2 Å². The number of aromatic nitrogens is 1. The maximum Gasteiger partial charge on any atom is 0.198 e. The predicted octanol–water partition coefficient (Wildman–Crippen LogP) is 7.68. The Morgan fingerprint density at radius 2 is 1.50 bits per heavy atom. The molecule has 36 heavy (non-hydrogen) atoms. The topological polar surface area (TPSA) is 57.9 Å². The van der Waals surface area contributed by atoms with Gasteiger partial charge in [0.25, 0.3) is 0 Å². The minimum Gasteiger partial charge on any atom is -0.494 e. The van der Waals surface area contributed by atoms with Gasteiger partial charge in [-0.1, -0.05) is 62.3 Å². The van der Waals surface area contributed by atoms with Crippen LogP contribution in [0.15, 0.2) is 6.07 Å². The van der Waals surface area contributed by atoms with E-state index in [0.717, 1.165) is 38.0 Å². The van der Waals surface area contributed by atoms with Crippen LogP contribution in [0.1, 0.15) is 121 Å². The lowest BCUT2D eigenvalue weighted by Crippen LogP contribution is -2.35. The summed E-state index contributed by atoms with van der Waals surface area (Å²) in [5, 5.41) is 22.4. The molecule has 210 valence electrons. The molecule has 2 N–H and O–H groups in total. The largest absolute Gasteiger partial charge is 0.494 e. The highest BCUT2D eigenvalue weighted by Crippen LogP contribution is 2.74. The molecular weight excluding hydrogens is 448 g/mol. The standard InChI is InChI=1S/C31H58N2O3/c1-14-32(15-2)18-16-29(10,11)36-19-17-28(8,9)33-24(34)20-23(25(33)35)27(6,7)21-30(12)22-31(30,13)26(3,4)5/h20,34-35H,14-19,21-22H2,1-13H3. The minimum atomic E-state index is -0.485. The monoisotopic (exact) mass is 506 g/mol. The van der Waals surface area contributed by atoms with Crippen molar-refractivity contribution in [1.29, 1.82) is 0 Å². The van der Waals surface area contributed by atoms with Gasteiger partial charge in [0, 0.05) is 30.3 Å². The van der Waals surface area contributed by atoms with E-state index in [9.17, 15) is 10.2 Å². The lowest BCUT2D eigenvalue weighted by atomic mass is 9.68. The van der Waals surface area contributed by atoms with E-state index in [1.165, 1.54) is 6.42 Å². The molecule has 1 aliphatic carbocycles. The molecule has 0 amide bonds. The molecule has 1 saturated carbocycles. The molecule has 5 nitrogen and oxygen atoms in total. The van der Waals surface area contributed by atoms with Gasteiger partial charge < -0.3 is 19.8 Å². The van der Waals surface area contributed by atoms with Crippen molar-refractivity contribution in [3.05, 3.63) is 11.6 Å². The Bertz CT molecular complexity index is 888. The summed E-state index contributed by atoms with van der Waals surface area (Å²) in [5.41, 5.74) is 0.578. The van der Waals surface area contributed by atoms with Crippen LogP contribution in [-0.4, -0.2) is 51.5 Å². The molecule has 2 unspecified atom stereocenters. The van der Waals surface area contributed by atoms with Crippen molar-refractivity contribution < 1.29 is 14.9 Å². The van der Waals surface area contributed by atoms with Gasteiger partial charge >= 0.3 is 0 Å². The molecule has 0 spiro atoms. The van der Waals surface area contributed by atoms with E-state index in [2.05, 4.69) is 94.9 Å². The number of hydrogen-bond donors (Lipinski definition) is 2. The van der Waals surface area contributed by atoms with E-state index in [0.29, 0.717) is 13.0 Å². The highest BCUT2D eigenvalue weighted by molar-refractivity contribution is 5.42. The summed E-state index contributed by atoms with van der Waals surface area (Å²) in [7, 11) is 0. The maximum atomic E-state index is 11.4. The van der Waals surface area contributed by atoms with Gasteiger partial charge in [-0.15, -0.1) is 0 Å². The van der Waals surface area contributed by atoms with Gasteiger partial charge in [0.15, 0.2) is 11.8 Å². The molecule has 0 bridgehead atoms. The van der Waals surface area contributed by atoms with E-state index >= 15 is 0 Å². The quantitative estimate of drug-likeness (QED) is 0.288. The molecule has 1 heterocycles. The first kappa shape index (κ1) is 31.0. The molecule has 0 saturated heterocycles. The van der Waals surface area contributed by atoms with Gasteiger partial charge in [0.2, 0.25) is 0 Å². The molecule has 0 radical (unpaired) electrons. The third-order valence-electron chi connectivity index (χ3n) is 9.86. The molecular formula is C31H58N2O3. The molecule has 1 aliphatic rings. The summed E-state index contributed by atoms with van der Waals surface area (Å²) in [6.45, 7) is 32.7. The maximum absolute atomic E-state index is 11.4. The lowest BCUT2D eigenvalue weighted by Gasteiger charge is -2.36. The van der Waals surface area contributed by atoms with E-state index in [1.807, 2.05) is 0 Å². The SMILES string of the molecule is CCN(CC)CCC(C)(C)OCCC(C)(C)n1c(O)cc(C(C)(C)CC2(C)CC2(C)C(C)(C)C)c1O. The van der Waals surface area contributed by atoms with Crippen molar-refractivity contribution in [1.82, 2.24) is 9.47 Å². The summed E-state index contributed by atoms with van der Waals surface area (Å²) in [6.07, 6.45) is 3.82. The van der Waals surface area contributed by atoms with Crippen molar-refractivity contribution >= 4 is 0 Å². The second-order valence-corrected chi connectivity index (χ2v) is 14.9. The minimum absolute atomic E-state index is 0.126. The Morgan fingerprint density at radius 1 is 0.944 bits per heavy atom. The summed E-state index contributed by atoms with van der Waals surface area (Å²) in [4.78, 5) is 2.42. The first-order valence-electron chi connectivity index (χ1n) is 14.2. The van der Waals surface area contributed by atoms with Gasteiger partial charge in [-0.05, 0) is 88.1 Å². The number of hydrogen-bond acceptors (Lipinski definition) is 4. The van der Waals surface area contributed by atoms with Crippen LogP contribution in [0.2, 0.25) is 0 Å². The highest BCUT2D eigenvalue weighted by Gasteiger charge is 2.66.